The average Bonchev–Trinajstić information content (AvgIpc) is 1.68. The third-order valence-electron chi connectivity index (χ3n) is 0.794. The monoisotopic (exact) mass is 115 g/mol. The fourth-order valence-corrected chi connectivity index (χ4v) is 0.458. The van der Waals surface area contributed by atoms with Gasteiger partial charge in [0.25, 0.3) is 0 Å². The summed E-state index contributed by atoms with van der Waals surface area (Å²) in [7, 11) is 3.69. The molecule has 0 fully saturated rings. The van der Waals surface area contributed by atoms with Crippen LogP contribution in [0.25, 0.3) is 0 Å². The van der Waals surface area contributed by atoms with Crippen LogP contribution in [0.15, 0.2) is 4.99 Å². The van der Waals surface area contributed by atoms with Crippen LogP contribution in [0.4, 0.5) is 0 Å². The third kappa shape index (κ3) is 3.61. The fraction of sp³-hybridized carbons (Fsp3) is 0.800. The molecule has 2 N–H and O–H groups in total. The van der Waals surface area contributed by atoms with E-state index in [0.29, 0.717) is 6.54 Å². The van der Waals surface area contributed by atoms with Gasteiger partial charge >= 0.3 is 0 Å². The van der Waals surface area contributed by atoms with Crippen molar-refractivity contribution in [3.63, 3.8) is 0 Å². The summed E-state index contributed by atoms with van der Waals surface area (Å²) in [6, 6.07) is 0. The van der Waals surface area contributed by atoms with Crippen LogP contribution in [0.5, 0.6) is 0 Å². The molecule has 0 heterocycles. The van der Waals surface area contributed by atoms with Gasteiger partial charge in [-0.1, -0.05) is 0 Å². The third-order valence-corrected chi connectivity index (χ3v) is 0.794. The molecule has 48 valence electrons. The van der Waals surface area contributed by atoms with Crippen molar-refractivity contribution in [2.24, 2.45) is 10.7 Å². The normalized spacial score (nSPS) is 10.4. The van der Waals surface area contributed by atoms with Crippen molar-refractivity contribution >= 4 is 6.34 Å². The van der Waals surface area contributed by atoms with Gasteiger partial charge in [0.15, 0.2) is 0 Å². The lowest BCUT2D eigenvalue weighted by Crippen LogP contribution is -2.23. The molecule has 0 aromatic rings. The first-order valence-corrected chi connectivity index (χ1v) is 2.64. The molecule has 0 aliphatic rings. The van der Waals surface area contributed by atoms with E-state index in [0.717, 1.165) is 6.54 Å². The minimum atomic E-state index is 0.683. The van der Waals surface area contributed by atoms with Crippen molar-refractivity contribution < 1.29 is 0 Å². The Kier molecular flexibility index (Phi) is 4.26. The largest absolute Gasteiger partial charge is 0.365 e. The molecule has 8 heavy (non-hydrogen) atoms. The zero-order chi connectivity index (χ0) is 6.41. The van der Waals surface area contributed by atoms with Crippen LogP contribution in [0, 0.1) is 0 Å². The van der Waals surface area contributed by atoms with Crippen molar-refractivity contribution in [1.82, 2.24) is 4.90 Å². The summed E-state index contributed by atoms with van der Waals surface area (Å²) in [4.78, 5) is 5.74. The lowest BCUT2D eigenvalue weighted by atomic mass is 10.6. The van der Waals surface area contributed by atoms with E-state index in [9.17, 15) is 0 Å². The quantitative estimate of drug-likeness (QED) is 0.399. The fourth-order valence-electron chi connectivity index (χ4n) is 0.458. The van der Waals surface area contributed by atoms with Gasteiger partial charge in [-0.25, -0.2) is 0 Å². The molecule has 3 nitrogen and oxygen atoms in total. The summed E-state index contributed by atoms with van der Waals surface area (Å²) in [5, 5.41) is 0. The van der Waals surface area contributed by atoms with Gasteiger partial charge in [0.2, 0.25) is 0 Å². The Balaban J connectivity index is 3.17. The highest BCUT2D eigenvalue weighted by Gasteiger charge is 1.83. The van der Waals surface area contributed by atoms with E-state index >= 15 is 0 Å². The Morgan fingerprint density at radius 1 is 1.75 bits per heavy atom. The highest BCUT2D eigenvalue weighted by atomic mass is 15.1. The number of nitrogens with two attached hydrogens (primary N) is 1. The first-order chi connectivity index (χ1) is 3.81. The van der Waals surface area contributed by atoms with E-state index in [4.69, 9.17) is 5.73 Å². The van der Waals surface area contributed by atoms with E-state index in [1.165, 1.54) is 0 Å². The summed E-state index contributed by atoms with van der Waals surface area (Å²) in [6.45, 7) is 1.56. The van der Waals surface area contributed by atoms with Crippen molar-refractivity contribution in [2.75, 3.05) is 27.2 Å². The van der Waals surface area contributed by atoms with Crippen LogP contribution >= 0.6 is 0 Å². The Morgan fingerprint density at radius 2 is 2.38 bits per heavy atom. The second kappa shape index (κ2) is 4.59. The van der Waals surface area contributed by atoms with Crippen LogP contribution in [-0.2, 0) is 0 Å². The summed E-state index contributed by atoms with van der Waals surface area (Å²) in [5.41, 5.74) is 5.26. The number of rotatable bonds is 3. The SMILES string of the molecule is C/N=C\N(C)CCN. The molecule has 0 aromatic carbocycles. The minimum absolute atomic E-state index is 0.683. The lowest BCUT2D eigenvalue weighted by Gasteiger charge is -2.08. The van der Waals surface area contributed by atoms with E-state index < -0.39 is 0 Å². The highest BCUT2D eigenvalue weighted by Crippen LogP contribution is 1.70. The maximum Gasteiger partial charge on any atom is 0.0844 e. The Morgan fingerprint density at radius 3 is 2.75 bits per heavy atom. The summed E-state index contributed by atoms with van der Waals surface area (Å²) >= 11 is 0. The Labute approximate surface area is 50.2 Å². The lowest BCUT2D eigenvalue weighted by molar-refractivity contribution is 0.530. The van der Waals surface area contributed by atoms with E-state index in [2.05, 4.69) is 4.99 Å². The molecule has 0 saturated carbocycles. The van der Waals surface area contributed by atoms with Crippen LogP contribution in [-0.4, -0.2) is 38.4 Å². The summed E-state index contributed by atoms with van der Waals surface area (Å²) in [5.74, 6) is 0. The average molecular weight is 115 g/mol. The van der Waals surface area contributed by atoms with Gasteiger partial charge < -0.3 is 10.6 Å². The molecule has 0 spiro atoms. The molecule has 0 rings (SSSR count). The van der Waals surface area contributed by atoms with Gasteiger partial charge in [0, 0.05) is 27.2 Å². The predicted molar refractivity (Wildman–Crippen MR) is 36.1 cm³/mol. The number of likely N-dealkylation sites (N-methyl/N-ethyl adjacent to an activating group) is 1. The maximum atomic E-state index is 5.26. The molecule has 0 aromatic heterocycles. The second-order valence-corrected chi connectivity index (χ2v) is 1.64. The molecule has 0 atom stereocenters. The van der Waals surface area contributed by atoms with Gasteiger partial charge in [0.05, 0.1) is 6.34 Å². The number of hydrogen-bond donors (Lipinski definition) is 1. The first kappa shape index (κ1) is 7.43. The van der Waals surface area contributed by atoms with Crippen molar-refractivity contribution in [1.29, 1.82) is 0 Å². The molecular formula is C5H13N3. The molecular weight excluding hydrogens is 102 g/mol. The van der Waals surface area contributed by atoms with Gasteiger partial charge in [-0.2, -0.15) is 0 Å². The maximum absolute atomic E-state index is 5.26. The zero-order valence-electron chi connectivity index (χ0n) is 5.46. The second-order valence-electron chi connectivity index (χ2n) is 1.64. The smallest absolute Gasteiger partial charge is 0.0844 e. The summed E-state index contributed by atoms with van der Waals surface area (Å²) < 4.78 is 0. The first-order valence-electron chi connectivity index (χ1n) is 2.64. The Bertz CT molecular complexity index is 70.1. The van der Waals surface area contributed by atoms with Crippen LogP contribution in [0.1, 0.15) is 0 Å². The van der Waals surface area contributed by atoms with Crippen LogP contribution < -0.4 is 5.73 Å². The molecule has 3 heteroatoms. The van der Waals surface area contributed by atoms with Gasteiger partial charge in [-0.3, -0.25) is 4.99 Å². The molecule has 0 radical (unpaired) electrons. The highest BCUT2D eigenvalue weighted by molar-refractivity contribution is 5.53. The Hall–Kier alpha value is -0.570. The van der Waals surface area contributed by atoms with Crippen LogP contribution in [0.3, 0.4) is 0 Å². The number of hydrogen-bond acceptors (Lipinski definition) is 2. The molecule has 0 bridgehead atoms. The topological polar surface area (TPSA) is 41.6 Å². The van der Waals surface area contributed by atoms with Gasteiger partial charge in [-0.05, 0) is 0 Å². The van der Waals surface area contributed by atoms with Gasteiger partial charge in [-0.15, -0.1) is 0 Å². The van der Waals surface area contributed by atoms with Crippen molar-refractivity contribution in [3.8, 4) is 0 Å². The van der Waals surface area contributed by atoms with Gasteiger partial charge in [0.1, 0.15) is 0 Å². The molecule has 0 amide bonds. The minimum Gasteiger partial charge on any atom is -0.365 e. The molecule has 0 unspecified atom stereocenters. The summed E-state index contributed by atoms with van der Waals surface area (Å²) in [6.07, 6.45) is 1.76. The van der Waals surface area contributed by atoms with Crippen molar-refractivity contribution in [2.45, 2.75) is 0 Å². The molecule has 0 aliphatic heterocycles. The van der Waals surface area contributed by atoms with E-state index in [1.807, 2.05) is 11.9 Å². The molecule has 0 aliphatic carbocycles. The van der Waals surface area contributed by atoms with Crippen molar-refractivity contribution in [3.05, 3.63) is 0 Å². The van der Waals surface area contributed by atoms with Crippen LogP contribution in [0.2, 0.25) is 0 Å². The zero-order valence-corrected chi connectivity index (χ0v) is 5.46. The number of nitrogens with zero attached hydrogens (tertiary/aromatic N) is 2. The molecule has 0 saturated heterocycles. The van der Waals surface area contributed by atoms with E-state index in [-0.39, 0.29) is 0 Å². The predicted octanol–water partition coefficient (Wildman–Crippen LogP) is -0.465. The number of aliphatic imine (C=N–C) groups is 1. The van der Waals surface area contributed by atoms with E-state index in [1.54, 1.807) is 13.4 Å². The standard InChI is InChI=1S/C5H13N3/c1-7-5-8(2)4-3-6/h5H,3-4,6H2,1-2H3/b7-5-.